The maximum atomic E-state index is 13.0. The zero-order chi connectivity index (χ0) is 23.6. The predicted octanol–water partition coefficient (Wildman–Crippen LogP) is 7.48. The lowest BCUT2D eigenvalue weighted by Crippen LogP contribution is -2.07. The van der Waals surface area contributed by atoms with E-state index in [9.17, 15) is 4.57 Å². The Morgan fingerprint density at radius 3 is 2.38 bits per heavy atom. The molecule has 2 aromatic heterocycles. The number of aromatic nitrogens is 3. The molecule has 0 amide bonds. The molecule has 32 heavy (non-hydrogen) atoms. The molecular weight excluding hydrogens is 417 g/mol. The summed E-state index contributed by atoms with van der Waals surface area (Å²) in [7, 11) is -2.95. The Bertz CT molecular complexity index is 1180. The van der Waals surface area contributed by atoms with Crippen LogP contribution in [0.15, 0.2) is 72.9 Å². The van der Waals surface area contributed by atoms with E-state index in [0.29, 0.717) is 11.1 Å². The fourth-order valence-corrected chi connectivity index (χ4v) is 4.42. The van der Waals surface area contributed by atoms with Crippen LogP contribution in [-0.4, -0.2) is 21.8 Å². The van der Waals surface area contributed by atoms with Crippen molar-refractivity contribution in [3.05, 3.63) is 78.5 Å². The molecule has 0 radical (unpaired) electrons. The lowest BCUT2D eigenvalue weighted by atomic mass is 10.1. The summed E-state index contributed by atoms with van der Waals surface area (Å²) in [5.41, 5.74) is 3.80. The molecule has 1 atom stereocenters. The summed E-state index contributed by atoms with van der Waals surface area (Å²) in [5, 5.41) is 9.04. The van der Waals surface area contributed by atoms with Crippen LogP contribution in [0.4, 0.5) is 0 Å². The second kappa shape index (κ2) is 12.1. The molecule has 5 nitrogen and oxygen atoms in total. The number of nitrogens with zero attached hydrogens (tertiary/aromatic N) is 1. The SMILES string of the molecule is C/C=C\CC.CC.Cc1c[nH]c(-c2n[nH]c3ccc(OP(C)(=O)c4ccccc4)cc23)c1. The van der Waals surface area contributed by atoms with Crippen LogP contribution in [-0.2, 0) is 4.57 Å². The lowest BCUT2D eigenvalue weighted by Gasteiger charge is -2.15. The lowest BCUT2D eigenvalue weighted by molar-refractivity contribution is 0.499. The topological polar surface area (TPSA) is 70.8 Å². The molecule has 0 aliphatic heterocycles. The van der Waals surface area contributed by atoms with E-state index in [1.165, 1.54) is 0 Å². The van der Waals surface area contributed by atoms with Gasteiger partial charge in [-0.15, -0.1) is 0 Å². The zero-order valence-electron chi connectivity index (χ0n) is 19.8. The number of rotatable bonds is 5. The molecule has 0 bridgehead atoms. The molecule has 4 aromatic rings. The molecule has 0 saturated carbocycles. The fourth-order valence-electron chi connectivity index (χ4n) is 3.08. The summed E-state index contributed by atoms with van der Waals surface area (Å²) < 4.78 is 18.8. The van der Waals surface area contributed by atoms with Gasteiger partial charge < -0.3 is 9.51 Å². The number of aryl methyl sites for hydroxylation is 1. The quantitative estimate of drug-likeness (QED) is 0.244. The molecule has 6 heteroatoms. The van der Waals surface area contributed by atoms with Gasteiger partial charge in [-0.05, 0) is 62.2 Å². The van der Waals surface area contributed by atoms with Crippen LogP contribution in [0, 0.1) is 6.92 Å². The second-order valence-electron chi connectivity index (χ2n) is 7.12. The van der Waals surface area contributed by atoms with Crippen LogP contribution in [0.5, 0.6) is 5.75 Å². The Balaban J connectivity index is 0.000000460. The van der Waals surface area contributed by atoms with Crippen LogP contribution in [0.2, 0.25) is 0 Å². The van der Waals surface area contributed by atoms with Gasteiger partial charge in [0.2, 0.25) is 0 Å². The zero-order valence-corrected chi connectivity index (χ0v) is 20.7. The van der Waals surface area contributed by atoms with Gasteiger partial charge in [0, 0.05) is 23.6 Å². The van der Waals surface area contributed by atoms with Crippen LogP contribution < -0.4 is 9.83 Å². The van der Waals surface area contributed by atoms with Gasteiger partial charge in [-0.2, -0.15) is 5.10 Å². The van der Waals surface area contributed by atoms with Crippen molar-refractivity contribution in [2.45, 2.75) is 41.0 Å². The summed E-state index contributed by atoms with van der Waals surface area (Å²) in [6.07, 6.45) is 7.28. The van der Waals surface area contributed by atoms with E-state index in [1.807, 2.05) is 88.5 Å². The maximum absolute atomic E-state index is 13.0. The van der Waals surface area contributed by atoms with Gasteiger partial charge in [-0.25, -0.2) is 0 Å². The first kappa shape index (κ1) is 25.2. The normalized spacial score (nSPS) is 12.4. The molecule has 0 fully saturated rings. The second-order valence-corrected chi connectivity index (χ2v) is 9.51. The largest absolute Gasteiger partial charge is 0.440 e. The van der Waals surface area contributed by atoms with Crippen molar-refractivity contribution in [3.8, 4) is 17.1 Å². The summed E-state index contributed by atoms with van der Waals surface area (Å²) in [6, 6.07) is 16.9. The van der Waals surface area contributed by atoms with Gasteiger partial charge in [0.05, 0.1) is 11.2 Å². The number of H-pyrrole nitrogens is 2. The number of hydrogen-bond donors (Lipinski definition) is 2. The third-order valence-corrected chi connectivity index (χ3v) is 6.39. The van der Waals surface area contributed by atoms with Crippen LogP contribution in [0.1, 0.15) is 39.7 Å². The molecule has 2 heterocycles. The van der Waals surface area contributed by atoms with Crippen molar-refractivity contribution in [1.29, 1.82) is 0 Å². The molecule has 0 aliphatic rings. The van der Waals surface area contributed by atoms with Gasteiger partial charge in [0.1, 0.15) is 11.4 Å². The Morgan fingerprint density at radius 1 is 1.09 bits per heavy atom. The summed E-state index contributed by atoms with van der Waals surface area (Å²) in [4.78, 5) is 3.22. The third kappa shape index (κ3) is 6.48. The van der Waals surface area contributed by atoms with Crippen LogP contribution in [0.3, 0.4) is 0 Å². The van der Waals surface area contributed by atoms with Crippen molar-refractivity contribution >= 4 is 23.6 Å². The predicted molar refractivity (Wildman–Crippen MR) is 137 cm³/mol. The number of aromatic amines is 2. The Morgan fingerprint density at radius 2 is 1.81 bits per heavy atom. The number of allylic oxidation sites excluding steroid dienone is 2. The van der Waals surface area contributed by atoms with Crippen molar-refractivity contribution in [2.75, 3.05) is 6.66 Å². The van der Waals surface area contributed by atoms with E-state index in [0.717, 1.165) is 34.3 Å². The smallest absolute Gasteiger partial charge is 0.274 e. The van der Waals surface area contributed by atoms with E-state index in [2.05, 4.69) is 34.3 Å². The Labute approximate surface area is 191 Å². The van der Waals surface area contributed by atoms with Gasteiger partial charge in [-0.3, -0.25) is 9.66 Å². The summed E-state index contributed by atoms with van der Waals surface area (Å²) in [5.74, 6) is 0.563. The van der Waals surface area contributed by atoms with Gasteiger partial charge in [0.15, 0.2) is 0 Å². The number of fused-ring (bicyclic) bond motifs is 1. The molecule has 4 rings (SSSR count). The van der Waals surface area contributed by atoms with E-state index in [-0.39, 0.29) is 0 Å². The maximum Gasteiger partial charge on any atom is 0.274 e. The summed E-state index contributed by atoms with van der Waals surface area (Å²) in [6.45, 7) is 11.8. The highest BCUT2D eigenvalue weighted by atomic mass is 31.2. The molecule has 0 aliphatic carbocycles. The average molecular weight is 452 g/mol. The van der Waals surface area contributed by atoms with Gasteiger partial charge in [-0.1, -0.05) is 51.1 Å². The van der Waals surface area contributed by atoms with Gasteiger partial charge >= 0.3 is 0 Å². The van der Waals surface area contributed by atoms with Crippen molar-refractivity contribution in [3.63, 3.8) is 0 Å². The highest BCUT2D eigenvalue weighted by Crippen LogP contribution is 2.43. The monoisotopic (exact) mass is 451 g/mol. The first-order chi connectivity index (χ1) is 15.4. The summed E-state index contributed by atoms with van der Waals surface area (Å²) >= 11 is 0. The first-order valence-electron chi connectivity index (χ1n) is 11.0. The number of benzene rings is 2. The van der Waals surface area contributed by atoms with E-state index >= 15 is 0 Å². The molecular formula is C26H34N3O2P. The molecule has 2 N–H and O–H groups in total. The van der Waals surface area contributed by atoms with Crippen LogP contribution in [0.25, 0.3) is 22.3 Å². The van der Waals surface area contributed by atoms with E-state index in [4.69, 9.17) is 4.52 Å². The molecule has 2 aromatic carbocycles. The number of nitrogens with one attached hydrogen (secondary N) is 2. The first-order valence-corrected chi connectivity index (χ1v) is 13.1. The highest BCUT2D eigenvalue weighted by molar-refractivity contribution is 7.66. The minimum atomic E-state index is -2.95. The van der Waals surface area contributed by atoms with Crippen molar-refractivity contribution < 1.29 is 9.09 Å². The minimum Gasteiger partial charge on any atom is -0.440 e. The highest BCUT2D eigenvalue weighted by Gasteiger charge is 2.21. The van der Waals surface area contributed by atoms with E-state index in [1.54, 1.807) is 6.66 Å². The minimum absolute atomic E-state index is 0.563. The molecule has 0 spiro atoms. The standard InChI is InChI=1S/C19H18N3O2P.C5H10.C2H6/c1-13-10-18(20-12-13)19-16-11-14(8-9-17(16)21-22-19)24-25(2,23)15-6-4-3-5-7-15;1-3-5-4-2;1-2/h3-12,20H,1-2H3,(H,21,22);3,5H,4H2,1-2H3;1-2H3/b;5-3-;. The van der Waals surface area contributed by atoms with Crippen molar-refractivity contribution in [1.82, 2.24) is 15.2 Å². The number of hydrogen-bond acceptors (Lipinski definition) is 3. The molecule has 170 valence electrons. The van der Waals surface area contributed by atoms with Crippen LogP contribution >= 0.6 is 7.37 Å². The molecule has 1 unspecified atom stereocenters. The van der Waals surface area contributed by atoms with Crippen molar-refractivity contribution in [2.24, 2.45) is 0 Å². The van der Waals surface area contributed by atoms with E-state index < -0.39 is 7.37 Å². The Hall–Kier alpha value is -3.04. The Kier molecular flexibility index (Phi) is 9.55. The molecule has 0 saturated heterocycles. The fraction of sp³-hybridized carbons (Fsp3) is 0.269. The average Bonchev–Trinajstić information content (AvgIpc) is 3.42. The third-order valence-electron chi connectivity index (χ3n) is 4.59. The van der Waals surface area contributed by atoms with Gasteiger partial charge in [0.25, 0.3) is 7.37 Å².